The van der Waals surface area contributed by atoms with Gasteiger partial charge in [-0.3, -0.25) is 4.79 Å². The Hall–Kier alpha value is -2.27. The first-order valence-electron chi connectivity index (χ1n) is 5.71. The predicted octanol–water partition coefficient (Wildman–Crippen LogP) is 3.20. The minimum atomic E-state index is -0.718. The van der Waals surface area contributed by atoms with Crippen LogP contribution in [0.15, 0.2) is 42.5 Å². The molecule has 4 nitrogen and oxygen atoms in total. The van der Waals surface area contributed by atoms with Crippen LogP contribution in [0, 0.1) is 5.82 Å². The second-order valence-corrected chi connectivity index (χ2v) is 4.39. The van der Waals surface area contributed by atoms with Crippen molar-refractivity contribution in [1.29, 1.82) is 0 Å². The van der Waals surface area contributed by atoms with E-state index < -0.39 is 11.7 Å². The highest BCUT2D eigenvalue weighted by Gasteiger charge is 2.08. The van der Waals surface area contributed by atoms with Crippen LogP contribution in [0.3, 0.4) is 0 Å². The summed E-state index contributed by atoms with van der Waals surface area (Å²) >= 11 is 5.71. The summed E-state index contributed by atoms with van der Waals surface area (Å²) in [5.74, 6) is -0.956. The maximum atomic E-state index is 13.4. The van der Waals surface area contributed by atoms with E-state index in [-0.39, 0.29) is 18.0 Å². The Morgan fingerprint density at radius 2 is 1.95 bits per heavy atom. The van der Waals surface area contributed by atoms with Crippen LogP contribution in [0.5, 0.6) is 11.5 Å². The van der Waals surface area contributed by atoms with Gasteiger partial charge < -0.3 is 15.2 Å². The molecule has 20 heavy (non-hydrogen) atoms. The standard InChI is InChI=1S/C14H11ClFNO3/c15-9-1-4-11(5-2-9)20-8-14(19)17-13-6-3-10(18)7-12(13)16/h1-7,18H,8H2,(H,17,19). The summed E-state index contributed by atoms with van der Waals surface area (Å²) in [7, 11) is 0. The first kappa shape index (κ1) is 14.1. The summed E-state index contributed by atoms with van der Waals surface area (Å²) in [5, 5.41) is 12.0. The average Bonchev–Trinajstić information content (AvgIpc) is 2.41. The number of aromatic hydroxyl groups is 1. The van der Waals surface area contributed by atoms with E-state index in [2.05, 4.69) is 5.32 Å². The van der Waals surface area contributed by atoms with Gasteiger partial charge in [0.25, 0.3) is 5.91 Å². The molecule has 0 aromatic heterocycles. The summed E-state index contributed by atoms with van der Waals surface area (Å²) in [6.07, 6.45) is 0. The molecule has 2 aromatic carbocycles. The molecule has 0 radical (unpaired) electrons. The Morgan fingerprint density at radius 3 is 2.60 bits per heavy atom. The second-order valence-electron chi connectivity index (χ2n) is 3.95. The first-order valence-corrected chi connectivity index (χ1v) is 6.09. The molecular formula is C14H11ClFNO3. The molecule has 0 saturated carbocycles. The van der Waals surface area contributed by atoms with Gasteiger partial charge in [-0.25, -0.2) is 4.39 Å². The van der Waals surface area contributed by atoms with Gasteiger partial charge in [0.2, 0.25) is 0 Å². The molecule has 0 bridgehead atoms. The molecular weight excluding hydrogens is 285 g/mol. The third-order valence-corrected chi connectivity index (χ3v) is 2.66. The highest BCUT2D eigenvalue weighted by atomic mass is 35.5. The highest BCUT2D eigenvalue weighted by Crippen LogP contribution is 2.19. The molecule has 0 aliphatic heterocycles. The number of nitrogens with one attached hydrogen (secondary N) is 1. The Labute approximate surface area is 119 Å². The molecule has 0 unspecified atom stereocenters. The van der Waals surface area contributed by atoms with Crippen LogP contribution in [-0.2, 0) is 4.79 Å². The lowest BCUT2D eigenvalue weighted by atomic mass is 10.3. The van der Waals surface area contributed by atoms with E-state index in [0.29, 0.717) is 10.8 Å². The van der Waals surface area contributed by atoms with Crippen LogP contribution in [0.25, 0.3) is 0 Å². The third kappa shape index (κ3) is 3.86. The highest BCUT2D eigenvalue weighted by molar-refractivity contribution is 6.30. The van der Waals surface area contributed by atoms with Crippen LogP contribution < -0.4 is 10.1 Å². The second kappa shape index (κ2) is 6.25. The minimum absolute atomic E-state index is 0.0208. The lowest BCUT2D eigenvalue weighted by Crippen LogP contribution is -2.20. The number of phenolic OH excluding ortho intramolecular Hbond substituents is 1. The van der Waals surface area contributed by atoms with Crippen LogP contribution in [0.4, 0.5) is 10.1 Å². The number of hydrogen-bond acceptors (Lipinski definition) is 3. The maximum absolute atomic E-state index is 13.4. The van der Waals surface area contributed by atoms with Crippen LogP contribution in [0.2, 0.25) is 5.02 Å². The number of phenols is 1. The van der Waals surface area contributed by atoms with Gasteiger partial charge in [-0.15, -0.1) is 0 Å². The molecule has 2 N–H and O–H groups in total. The number of carbonyl (C=O) groups is 1. The van der Waals surface area contributed by atoms with Crippen molar-refractivity contribution < 1.29 is 19.0 Å². The van der Waals surface area contributed by atoms with Gasteiger partial charge >= 0.3 is 0 Å². The Morgan fingerprint density at radius 1 is 1.25 bits per heavy atom. The van der Waals surface area contributed by atoms with Crippen LogP contribution in [-0.4, -0.2) is 17.6 Å². The molecule has 0 aliphatic rings. The first-order chi connectivity index (χ1) is 9.54. The number of amides is 1. The van der Waals surface area contributed by atoms with Crippen molar-refractivity contribution in [2.75, 3.05) is 11.9 Å². The fourth-order valence-corrected chi connectivity index (χ4v) is 1.60. The van der Waals surface area contributed by atoms with Crippen molar-refractivity contribution in [3.05, 3.63) is 53.3 Å². The number of rotatable bonds is 4. The van der Waals surface area contributed by atoms with Crippen molar-refractivity contribution >= 4 is 23.2 Å². The number of hydrogen-bond donors (Lipinski definition) is 2. The van der Waals surface area contributed by atoms with E-state index in [1.165, 1.54) is 12.1 Å². The molecule has 2 rings (SSSR count). The molecule has 1 amide bonds. The van der Waals surface area contributed by atoms with Gasteiger partial charge in [-0.05, 0) is 36.4 Å². The Balaban J connectivity index is 1.90. The Kier molecular flexibility index (Phi) is 4.42. The smallest absolute Gasteiger partial charge is 0.262 e. The predicted molar refractivity (Wildman–Crippen MR) is 73.6 cm³/mol. The molecule has 0 heterocycles. The average molecular weight is 296 g/mol. The van der Waals surface area contributed by atoms with E-state index in [9.17, 15) is 9.18 Å². The van der Waals surface area contributed by atoms with Crippen molar-refractivity contribution in [3.63, 3.8) is 0 Å². The van der Waals surface area contributed by atoms with Gasteiger partial charge in [0, 0.05) is 11.1 Å². The van der Waals surface area contributed by atoms with E-state index in [0.717, 1.165) is 6.07 Å². The van der Waals surface area contributed by atoms with Crippen molar-refractivity contribution in [2.45, 2.75) is 0 Å². The zero-order valence-corrected chi connectivity index (χ0v) is 11.0. The zero-order valence-electron chi connectivity index (χ0n) is 10.3. The summed E-state index contributed by atoms with van der Waals surface area (Å²) in [4.78, 5) is 11.6. The molecule has 6 heteroatoms. The van der Waals surface area contributed by atoms with E-state index in [1.54, 1.807) is 24.3 Å². The lowest BCUT2D eigenvalue weighted by molar-refractivity contribution is -0.118. The number of halogens is 2. The number of anilines is 1. The topological polar surface area (TPSA) is 58.6 Å². The summed E-state index contributed by atoms with van der Waals surface area (Å²) in [5.41, 5.74) is -0.0208. The fraction of sp³-hybridized carbons (Fsp3) is 0.0714. The summed E-state index contributed by atoms with van der Waals surface area (Å²) in [6, 6.07) is 9.97. The monoisotopic (exact) mass is 295 g/mol. The maximum Gasteiger partial charge on any atom is 0.262 e. The number of benzene rings is 2. The van der Waals surface area contributed by atoms with E-state index >= 15 is 0 Å². The molecule has 2 aromatic rings. The molecule has 0 saturated heterocycles. The van der Waals surface area contributed by atoms with Crippen LogP contribution >= 0.6 is 11.6 Å². The van der Waals surface area contributed by atoms with Gasteiger partial charge in [0.15, 0.2) is 6.61 Å². The summed E-state index contributed by atoms with van der Waals surface area (Å²) in [6.45, 7) is -0.262. The number of ether oxygens (including phenoxy) is 1. The molecule has 0 fully saturated rings. The van der Waals surface area contributed by atoms with E-state index in [4.69, 9.17) is 21.4 Å². The fourth-order valence-electron chi connectivity index (χ4n) is 1.47. The minimum Gasteiger partial charge on any atom is -0.508 e. The molecule has 104 valence electrons. The molecule has 0 atom stereocenters. The lowest BCUT2D eigenvalue weighted by Gasteiger charge is -2.08. The van der Waals surface area contributed by atoms with Crippen molar-refractivity contribution in [1.82, 2.24) is 0 Å². The molecule has 0 spiro atoms. The third-order valence-electron chi connectivity index (χ3n) is 2.41. The van der Waals surface area contributed by atoms with Gasteiger partial charge in [0.05, 0.1) is 5.69 Å². The van der Waals surface area contributed by atoms with Crippen molar-refractivity contribution in [2.24, 2.45) is 0 Å². The Bertz CT molecular complexity index is 616. The van der Waals surface area contributed by atoms with Gasteiger partial charge in [-0.2, -0.15) is 0 Å². The van der Waals surface area contributed by atoms with E-state index in [1.807, 2.05) is 0 Å². The van der Waals surface area contributed by atoms with Gasteiger partial charge in [0.1, 0.15) is 17.3 Å². The van der Waals surface area contributed by atoms with Gasteiger partial charge in [-0.1, -0.05) is 11.6 Å². The normalized spacial score (nSPS) is 10.1. The SMILES string of the molecule is O=C(COc1ccc(Cl)cc1)Nc1ccc(O)cc1F. The largest absolute Gasteiger partial charge is 0.508 e. The quantitative estimate of drug-likeness (QED) is 0.852. The van der Waals surface area contributed by atoms with Crippen LogP contribution in [0.1, 0.15) is 0 Å². The summed E-state index contributed by atoms with van der Waals surface area (Å²) < 4.78 is 18.6. The number of carbonyl (C=O) groups excluding carboxylic acids is 1. The zero-order chi connectivity index (χ0) is 14.5. The van der Waals surface area contributed by atoms with Crippen molar-refractivity contribution in [3.8, 4) is 11.5 Å². The molecule has 0 aliphatic carbocycles.